The molecule has 0 unspecified atom stereocenters. The molecule has 5 heteroatoms. The van der Waals surface area contributed by atoms with Crippen LogP contribution in [0.4, 0.5) is 0 Å². The summed E-state index contributed by atoms with van der Waals surface area (Å²) in [6.45, 7) is 6.35. The van der Waals surface area contributed by atoms with E-state index in [2.05, 4.69) is 4.99 Å². The lowest BCUT2D eigenvalue weighted by Gasteiger charge is -2.14. The number of ether oxygens (including phenoxy) is 3. The van der Waals surface area contributed by atoms with Gasteiger partial charge in [-0.05, 0) is 67.4 Å². The van der Waals surface area contributed by atoms with E-state index >= 15 is 0 Å². The van der Waals surface area contributed by atoms with Crippen LogP contribution >= 0.6 is 0 Å². The number of rotatable bonds is 6. The Kier molecular flexibility index (Phi) is 5.53. The van der Waals surface area contributed by atoms with Crippen LogP contribution in [0.2, 0.25) is 0 Å². The number of esters is 1. The highest BCUT2D eigenvalue weighted by Crippen LogP contribution is 2.31. The Morgan fingerprint density at radius 2 is 1.80 bits per heavy atom. The maximum atomic E-state index is 12.4. The Labute approximate surface area is 175 Å². The van der Waals surface area contributed by atoms with Crippen LogP contribution < -0.4 is 9.47 Å². The molecule has 1 aliphatic heterocycles. The fourth-order valence-electron chi connectivity index (χ4n) is 3.25. The van der Waals surface area contributed by atoms with Gasteiger partial charge in [0.05, 0.1) is 12.7 Å². The van der Waals surface area contributed by atoms with Gasteiger partial charge < -0.3 is 14.2 Å². The van der Waals surface area contributed by atoms with Crippen LogP contribution in [0.5, 0.6) is 11.5 Å². The molecule has 1 aliphatic rings. The van der Waals surface area contributed by atoms with E-state index in [1.165, 1.54) is 0 Å². The van der Waals surface area contributed by atoms with Crippen LogP contribution in [0.1, 0.15) is 31.9 Å². The molecule has 5 nitrogen and oxygen atoms in total. The summed E-state index contributed by atoms with van der Waals surface area (Å²) in [5.41, 5.74) is 1.80. The molecule has 30 heavy (non-hydrogen) atoms. The van der Waals surface area contributed by atoms with Gasteiger partial charge in [0.15, 0.2) is 17.2 Å². The topological polar surface area (TPSA) is 57.1 Å². The molecule has 3 aromatic carbocycles. The van der Waals surface area contributed by atoms with Crippen molar-refractivity contribution in [3.63, 3.8) is 0 Å². The minimum atomic E-state index is -0.473. The molecular weight excluding hydrogens is 378 g/mol. The first-order valence-electron chi connectivity index (χ1n) is 9.98. The van der Waals surface area contributed by atoms with Crippen molar-refractivity contribution in [3.8, 4) is 11.5 Å². The van der Waals surface area contributed by atoms with E-state index in [-0.39, 0.29) is 11.8 Å². The van der Waals surface area contributed by atoms with Crippen molar-refractivity contribution in [1.82, 2.24) is 0 Å². The summed E-state index contributed by atoms with van der Waals surface area (Å²) in [7, 11) is 0. The minimum Gasteiger partial charge on any atom is -0.490 e. The second kappa shape index (κ2) is 8.41. The van der Waals surface area contributed by atoms with E-state index in [1.54, 1.807) is 6.08 Å². The van der Waals surface area contributed by atoms with Gasteiger partial charge in [-0.25, -0.2) is 9.79 Å². The zero-order valence-electron chi connectivity index (χ0n) is 17.2. The second-order valence-corrected chi connectivity index (χ2v) is 7.20. The van der Waals surface area contributed by atoms with Gasteiger partial charge in [0.25, 0.3) is 0 Å². The van der Waals surface area contributed by atoms with Crippen LogP contribution in [0.3, 0.4) is 0 Å². The van der Waals surface area contributed by atoms with Crippen LogP contribution in [0.15, 0.2) is 71.4 Å². The molecule has 0 atom stereocenters. The predicted molar refractivity (Wildman–Crippen MR) is 118 cm³/mol. The number of hydrogen-bond donors (Lipinski definition) is 0. The molecule has 152 valence electrons. The maximum Gasteiger partial charge on any atom is 0.363 e. The van der Waals surface area contributed by atoms with Gasteiger partial charge in [-0.1, -0.05) is 36.4 Å². The fraction of sp³-hybridized carbons (Fsp3) is 0.200. The Hall–Kier alpha value is -3.60. The highest BCUT2D eigenvalue weighted by atomic mass is 16.6. The number of carbonyl (C=O) groups is 1. The summed E-state index contributed by atoms with van der Waals surface area (Å²) in [4.78, 5) is 16.8. The van der Waals surface area contributed by atoms with E-state index in [0.717, 1.165) is 21.9 Å². The van der Waals surface area contributed by atoms with Crippen molar-refractivity contribution < 1.29 is 19.0 Å². The van der Waals surface area contributed by atoms with Crippen molar-refractivity contribution in [2.45, 2.75) is 26.9 Å². The Bertz CT molecular complexity index is 1160. The Balaban J connectivity index is 1.65. The van der Waals surface area contributed by atoms with E-state index in [0.29, 0.717) is 24.0 Å². The van der Waals surface area contributed by atoms with Gasteiger partial charge in [0.2, 0.25) is 5.90 Å². The van der Waals surface area contributed by atoms with E-state index in [4.69, 9.17) is 14.2 Å². The molecule has 1 heterocycles. The van der Waals surface area contributed by atoms with Crippen LogP contribution in [0, 0.1) is 0 Å². The molecule has 0 saturated heterocycles. The van der Waals surface area contributed by atoms with E-state index in [1.807, 2.05) is 81.4 Å². The lowest BCUT2D eigenvalue weighted by molar-refractivity contribution is -0.129. The molecule has 0 spiro atoms. The first-order chi connectivity index (χ1) is 14.5. The molecule has 0 aliphatic carbocycles. The van der Waals surface area contributed by atoms with Gasteiger partial charge in [-0.3, -0.25) is 0 Å². The van der Waals surface area contributed by atoms with E-state index < -0.39 is 5.97 Å². The maximum absolute atomic E-state index is 12.4. The van der Waals surface area contributed by atoms with Crippen molar-refractivity contribution in [2.24, 2.45) is 4.99 Å². The largest absolute Gasteiger partial charge is 0.490 e. The molecule has 0 radical (unpaired) electrons. The summed E-state index contributed by atoms with van der Waals surface area (Å²) in [6, 6.07) is 19.4. The number of fused-ring (bicyclic) bond motifs is 1. The van der Waals surface area contributed by atoms with Crippen molar-refractivity contribution in [2.75, 3.05) is 6.61 Å². The van der Waals surface area contributed by atoms with Crippen molar-refractivity contribution >= 4 is 28.7 Å². The third kappa shape index (κ3) is 4.20. The predicted octanol–water partition coefficient (Wildman–Crippen LogP) is 5.37. The minimum absolute atomic E-state index is 0.0346. The lowest BCUT2D eigenvalue weighted by Crippen LogP contribution is -2.07. The third-order valence-electron chi connectivity index (χ3n) is 4.55. The summed E-state index contributed by atoms with van der Waals surface area (Å²) >= 11 is 0. The molecule has 0 aromatic heterocycles. The summed E-state index contributed by atoms with van der Waals surface area (Å²) in [6.07, 6.45) is 1.73. The van der Waals surface area contributed by atoms with Crippen molar-refractivity contribution in [1.29, 1.82) is 0 Å². The van der Waals surface area contributed by atoms with Gasteiger partial charge in [-0.2, -0.15) is 0 Å². The smallest absolute Gasteiger partial charge is 0.363 e. The number of aliphatic imine (C=N–C) groups is 1. The third-order valence-corrected chi connectivity index (χ3v) is 4.55. The molecule has 0 bridgehead atoms. The number of cyclic esters (lactones) is 1. The molecule has 0 amide bonds. The van der Waals surface area contributed by atoms with E-state index in [9.17, 15) is 4.79 Å². The molecule has 3 aromatic rings. The SMILES string of the molecule is CCOc1cc(/C=C2\N=C(c3ccc4ccccc4c3)OC2=O)ccc1OC(C)C. The summed E-state index contributed by atoms with van der Waals surface area (Å²) in [5, 5.41) is 2.18. The molecule has 4 rings (SSSR count). The number of carbonyl (C=O) groups excluding carboxylic acids is 1. The monoisotopic (exact) mass is 401 g/mol. The molecule has 0 fully saturated rings. The van der Waals surface area contributed by atoms with Crippen LogP contribution in [0.25, 0.3) is 16.8 Å². The second-order valence-electron chi connectivity index (χ2n) is 7.20. The molecule has 0 N–H and O–H groups in total. The molecule has 0 saturated carbocycles. The van der Waals surface area contributed by atoms with Crippen LogP contribution in [-0.4, -0.2) is 24.6 Å². The number of hydrogen-bond acceptors (Lipinski definition) is 5. The molecular formula is C25H23NO4. The first-order valence-corrected chi connectivity index (χ1v) is 9.98. The first kappa shape index (κ1) is 19.7. The standard InChI is InChI=1S/C25H23NO4/c1-4-28-23-14-17(9-12-22(23)29-16(2)3)13-21-25(27)30-24(26-21)20-11-10-18-7-5-6-8-19(18)15-20/h5-16H,4H2,1-3H3/b21-13-. The van der Waals surface area contributed by atoms with Gasteiger partial charge in [0.1, 0.15) is 0 Å². The fourth-order valence-corrected chi connectivity index (χ4v) is 3.25. The average molecular weight is 401 g/mol. The van der Waals surface area contributed by atoms with Gasteiger partial charge >= 0.3 is 5.97 Å². The van der Waals surface area contributed by atoms with Crippen LogP contribution in [-0.2, 0) is 9.53 Å². The zero-order chi connectivity index (χ0) is 21.1. The quantitative estimate of drug-likeness (QED) is 0.412. The lowest BCUT2D eigenvalue weighted by atomic mass is 10.1. The Morgan fingerprint density at radius 3 is 2.57 bits per heavy atom. The highest BCUT2D eigenvalue weighted by Gasteiger charge is 2.24. The number of nitrogens with zero attached hydrogens (tertiary/aromatic N) is 1. The summed E-state index contributed by atoms with van der Waals surface area (Å²) in [5.74, 6) is 1.13. The normalized spacial score (nSPS) is 14.9. The average Bonchev–Trinajstić information content (AvgIpc) is 3.10. The van der Waals surface area contributed by atoms with Crippen molar-refractivity contribution in [3.05, 3.63) is 77.5 Å². The zero-order valence-corrected chi connectivity index (χ0v) is 17.2. The highest BCUT2D eigenvalue weighted by molar-refractivity contribution is 6.13. The summed E-state index contributed by atoms with van der Waals surface area (Å²) < 4.78 is 16.9. The van der Waals surface area contributed by atoms with Gasteiger partial charge in [-0.15, -0.1) is 0 Å². The van der Waals surface area contributed by atoms with Gasteiger partial charge in [0, 0.05) is 5.56 Å². The number of benzene rings is 3. The Morgan fingerprint density at radius 1 is 1.00 bits per heavy atom.